The minimum Gasteiger partial charge on any atom is -0.490 e. The summed E-state index contributed by atoms with van der Waals surface area (Å²) in [5.41, 5.74) is 7.33. The average Bonchev–Trinajstić information content (AvgIpc) is 3.45. The van der Waals surface area contributed by atoms with E-state index >= 15 is 0 Å². The topological polar surface area (TPSA) is 68.9 Å². The molecule has 5 nitrogen and oxygen atoms in total. The molecule has 0 saturated heterocycles. The number of nitrogens with two attached hydrogens (primary N) is 1. The second kappa shape index (κ2) is 6.86. The zero-order valence-corrected chi connectivity index (χ0v) is 14.5. The highest BCUT2D eigenvalue weighted by molar-refractivity contribution is 5.92. The molecule has 2 aromatic rings. The lowest BCUT2D eigenvalue weighted by molar-refractivity contribution is 0.297. The van der Waals surface area contributed by atoms with Crippen molar-refractivity contribution >= 4 is 11.6 Å². The largest absolute Gasteiger partial charge is 0.490 e. The number of benzene rings is 2. The normalized spacial score (nSPS) is 18.1. The summed E-state index contributed by atoms with van der Waals surface area (Å²) in [6.07, 6.45) is 2.71. The van der Waals surface area contributed by atoms with Gasteiger partial charge in [0.2, 0.25) is 0 Å². The fourth-order valence-electron chi connectivity index (χ4n) is 3.22. The third-order valence-electron chi connectivity index (χ3n) is 4.87. The standard InChI is InChI=1S/C20H22FN3O2/c21-16-5-2-1-4-15(16)20(8-9-20)13-23-19(22)24-14-6-7-17-18(12-14)26-11-3-10-25-17/h1-2,4-7,12H,3,8-11,13H2,(H3,22,23,24). The third kappa shape index (κ3) is 3.45. The van der Waals surface area contributed by atoms with E-state index in [9.17, 15) is 4.39 Å². The number of hydrogen-bond donors (Lipinski definition) is 2. The van der Waals surface area contributed by atoms with Crippen molar-refractivity contribution in [2.45, 2.75) is 24.7 Å². The maximum atomic E-state index is 14.1. The van der Waals surface area contributed by atoms with Crippen LogP contribution in [-0.2, 0) is 5.41 Å². The van der Waals surface area contributed by atoms with E-state index in [1.807, 2.05) is 30.3 Å². The van der Waals surface area contributed by atoms with Crippen LogP contribution in [0.15, 0.2) is 47.5 Å². The van der Waals surface area contributed by atoms with Crippen molar-refractivity contribution in [2.75, 3.05) is 25.1 Å². The van der Waals surface area contributed by atoms with Gasteiger partial charge in [-0.15, -0.1) is 0 Å². The van der Waals surface area contributed by atoms with Gasteiger partial charge in [-0.05, 0) is 36.6 Å². The molecule has 136 valence electrons. The molecule has 1 aliphatic carbocycles. The Labute approximate surface area is 152 Å². The Morgan fingerprint density at radius 2 is 1.88 bits per heavy atom. The molecule has 1 aliphatic heterocycles. The van der Waals surface area contributed by atoms with E-state index in [-0.39, 0.29) is 11.2 Å². The van der Waals surface area contributed by atoms with Crippen LogP contribution < -0.4 is 20.5 Å². The Hall–Kier alpha value is -2.76. The minimum absolute atomic E-state index is 0.172. The van der Waals surface area contributed by atoms with E-state index < -0.39 is 0 Å². The maximum Gasteiger partial charge on any atom is 0.193 e. The molecule has 3 N–H and O–H groups in total. The average molecular weight is 355 g/mol. The van der Waals surface area contributed by atoms with Gasteiger partial charge in [0.25, 0.3) is 0 Å². The number of guanidine groups is 1. The van der Waals surface area contributed by atoms with Crippen molar-refractivity contribution in [3.8, 4) is 11.5 Å². The molecule has 1 fully saturated rings. The lowest BCUT2D eigenvalue weighted by Crippen LogP contribution is -2.25. The Morgan fingerprint density at radius 3 is 2.65 bits per heavy atom. The summed E-state index contributed by atoms with van der Waals surface area (Å²) in [7, 11) is 0. The first kappa shape index (κ1) is 16.7. The number of hydrogen-bond acceptors (Lipinski definition) is 3. The quantitative estimate of drug-likeness (QED) is 0.651. The summed E-state index contributed by atoms with van der Waals surface area (Å²) in [5, 5.41) is 3.08. The Balaban J connectivity index is 1.44. The first-order valence-corrected chi connectivity index (χ1v) is 8.88. The molecule has 1 heterocycles. The van der Waals surface area contributed by atoms with Crippen molar-refractivity contribution in [3.63, 3.8) is 0 Å². The Kier molecular flexibility index (Phi) is 4.41. The van der Waals surface area contributed by atoms with Gasteiger partial charge in [0.1, 0.15) is 5.82 Å². The summed E-state index contributed by atoms with van der Waals surface area (Å²) in [4.78, 5) is 4.45. The Morgan fingerprint density at radius 1 is 1.12 bits per heavy atom. The summed E-state index contributed by atoms with van der Waals surface area (Å²) >= 11 is 0. The molecule has 6 heteroatoms. The first-order valence-electron chi connectivity index (χ1n) is 8.88. The molecule has 0 spiro atoms. The van der Waals surface area contributed by atoms with Crippen molar-refractivity contribution in [2.24, 2.45) is 10.7 Å². The van der Waals surface area contributed by atoms with Crippen LogP contribution in [0.3, 0.4) is 0 Å². The van der Waals surface area contributed by atoms with Crippen LogP contribution in [0.5, 0.6) is 11.5 Å². The van der Waals surface area contributed by atoms with Crippen LogP contribution in [0, 0.1) is 5.82 Å². The van der Waals surface area contributed by atoms with Gasteiger partial charge in [0.05, 0.1) is 19.8 Å². The number of halogens is 1. The number of anilines is 1. The van der Waals surface area contributed by atoms with Crippen molar-refractivity contribution in [1.29, 1.82) is 0 Å². The van der Waals surface area contributed by atoms with Gasteiger partial charge in [0.15, 0.2) is 17.5 Å². The van der Waals surface area contributed by atoms with Gasteiger partial charge in [0, 0.05) is 23.6 Å². The highest BCUT2D eigenvalue weighted by Crippen LogP contribution is 2.49. The molecule has 26 heavy (non-hydrogen) atoms. The van der Waals surface area contributed by atoms with Crippen LogP contribution in [0.1, 0.15) is 24.8 Å². The number of rotatable bonds is 4. The molecule has 0 amide bonds. The van der Waals surface area contributed by atoms with Crippen LogP contribution in [0.2, 0.25) is 0 Å². The molecule has 0 aromatic heterocycles. The number of nitrogens with zero attached hydrogens (tertiary/aromatic N) is 1. The predicted octanol–water partition coefficient (Wildman–Crippen LogP) is 3.45. The van der Waals surface area contributed by atoms with E-state index in [0.717, 1.165) is 36.3 Å². The molecule has 2 aromatic carbocycles. The third-order valence-corrected chi connectivity index (χ3v) is 4.87. The van der Waals surface area contributed by atoms with Gasteiger partial charge in [-0.1, -0.05) is 18.2 Å². The number of nitrogens with one attached hydrogen (secondary N) is 1. The second-order valence-corrected chi connectivity index (χ2v) is 6.80. The van der Waals surface area contributed by atoms with Gasteiger partial charge in [-0.3, -0.25) is 4.99 Å². The van der Waals surface area contributed by atoms with E-state index in [0.29, 0.717) is 31.5 Å². The minimum atomic E-state index is -0.220. The zero-order valence-electron chi connectivity index (χ0n) is 14.5. The van der Waals surface area contributed by atoms with E-state index in [2.05, 4.69) is 10.3 Å². The lowest BCUT2D eigenvalue weighted by Gasteiger charge is -2.15. The molecule has 0 bridgehead atoms. The highest BCUT2D eigenvalue weighted by Gasteiger charge is 2.45. The molecular formula is C20H22FN3O2. The van der Waals surface area contributed by atoms with Crippen LogP contribution in [0.4, 0.5) is 10.1 Å². The van der Waals surface area contributed by atoms with Gasteiger partial charge in [-0.25, -0.2) is 4.39 Å². The molecule has 2 aliphatic rings. The smallest absolute Gasteiger partial charge is 0.193 e. The van der Waals surface area contributed by atoms with Crippen LogP contribution in [-0.4, -0.2) is 25.7 Å². The first-order chi connectivity index (χ1) is 12.7. The summed E-state index contributed by atoms with van der Waals surface area (Å²) < 4.78 is 25.4. The molecule has 0 radical (unpaired) electrons. The van der Waals surface area contributed by atoms with Crippen molar-refractivity contribution in [3.05, 3.63) is 53.8 Å². The van der Waals surface area contributed by atoms with Crippen LogP contribution in [0.25, 0.3) is 0 Å². The van der Waals surface area contributed by atoms with Crippen molar-refractivity contribution in [1.82, 2.24) is 0 Å². The number of ether oxygens (including phenoxy) is 2. The number of fused-ring (bicyclic) bond motifs is 1. The highest BCUT2D eigenvalue weighted by atomic mass is 19.1. The van der Waals surface area contributed by atoms with E-state index in [4.69, 9.17) is 15.2 Å². The molecule has 1 saturated carbocycles. The molecule has 0 atom stereocenters. The Bertz CT molecular complexity index is 834. The fraction of sp³-hybridized carbons (Fsp3) is 0.350. The maximum absolute atomic E-state index is 14.1. The van der Waals surface area contributed by atoms with E-state index in [1.165, 1.54) is 6.07 Å². The molecule has 4 rings (SSSR count). The zero-order chi connectivity index (χ0) is 18.0. The van der Waals surface area contributed by atoms with Gasteiger partial charge >= 0.3 is 0 Å². The molecular weight excluding hydrogens is 333 g/mol. The number of aliphatic imine (C=N–C) groups is 1. The summed E-state index contributed by atoms with van der Waals surface area (Å²) in [6.45, 7) is 1.75. The van der Waals surface area contributed by atoms with Gasteiger partial charge in [-0.2, -0.15) is 0 Å². The van der Waals surface area contributed by atoms with Crippen LogP contribution >= 0.6 is 0 Å². The molecule has 0 unspecified atom stereocenters. The van der Waals surface area contributed by atoms with E-state index in [1.54, 1.807) is 6.07 Å². The summed E-state index contributed by atoms with van der Waals surface area (Å²) in [5.74, 6) is 1.57. The van der Waals surface area contributed by atoms with Gasteiger partial charge < -0.3 is 20.5 Å². The summed E-state index contributed by atoms with van der Waals surface area (Å²) in [6, 6.07) is 12.5. The predicted molar refractivity (Wildman–Crippen MR) is 99.5 cm³/mol. The SMILES string of the molecule is NC(=NCC1(c2ccccc2F)CC1)Nc1ccc2c(c1)OCCCO2. The fourth-order valence-corrected chi connectivity index (χ4v) is 3.22. The van der Waals surface area contributed by atoms with Crippen molar-refractivity contribution < 1.29 is 13.9 Å². The lowest BCUT2D eigenvalue weighted by atomic mass is 9.95. The second-order valence-electron chi connectivity index (χ2n) is 6.80. The monoisotopic (exact) mass is 355 g/mol.